The summed E-state index contributed by atoms with van der Waals surface area (Å²) in [6, 6.07) is 0.104. The van der Waals surface area contributed by atoms with Crippen molar-refractivity contribution in [3.63, 3.8) is 0 Å². The monoisotopic (exact) mass is 228 g/mol. The summed E-state index contributed by atoms with van der Waals surface area (Å²) < 4.78 is 0. The number of nitrogens with one attached hydrogen (secondary N) is 1. The van der Waals surface area contributed by atoms with Gasteiger partial charge in [0.25, 0.3) is 0 Å². The number of carboxylic acids is 1. The molecule has 4 nitrogen and oxygen atoms in total. The summed E-state index contributed by atoms with van der Waals surface area (Å²) in [6.07, 6.45) is 2.41. The van der Waals surface area contributed by atoms with Crippen molar-refractivity contribution < 1.29 is 9.90 Å². The highest BCUT2D eigenvalue weighted by Crippen LogP contribution is 2.16. The fourth-order valence-corrected chi connectivity index (χ4v) is 2.23. The molecule has 0 aromatic rings. The normalized spacial score (nSPS) is 22.0. The molecular formula is C12H24N2O2. The van der Waals surface area contributed by atoms with E-state index in [1.807, 2.05) is 14.0 Å². The van der Waals surface area contributed by atoms with E-state index in [1.54, 1.807) is 6.92 Å². The van der Waals surface area contributed by atoms with E-state index in [1.165, 1.54) is 12.8 Å². The Labute approximate surface area is 98.0 Å². The molecule has 0 spiro atoms. The van der Waals surface area contributed by atoms with Crippen molar-refractivity contribution in [2.24, 2.45) is 11.8 Å². The number of hydrogen-bond donors (Lipinski definition) is 2. The average Bonchev–Trinajstić information content (AvgIpc) is 2.28. The number of carbonyl (C=O) groups is 1. The Bertz CT molecular complexity index is 227. The van der Waals surface area contributed by atoms with Gasteiger partial charge in [0.1, 0.15) is 0 Å². The standard InChI is InChI=1S/C12H24N2O2/c1-9(12(15)16)10(2)14(3)8-11-4-6-13-7-5-11/h9-11,13H,4-8H2,1-3H3,(H,15,16). The molecule has 0 aliphatic carbocycles. The summed E-state index contributed by atoms with van der Waals surface area (Å²) in [5.41, 5.74) is 0. The van der Waals surface area contributed by atoms with E-state index in [9.17, 15) is 4.79 Å². The molecule has 2 unspecified atom stereocenters. The average molecular weight is 228 g/mol. The lowest BCUT2D eigenvalue weighted by Crippen LogP contribution is -2.42. The summed E-state index contributed by atoms with van der Waals surface area (Å²) in [5.74, 6) is -0.286. The second-order valence-corrected chi connectivity index (χ2v) is 5.00. The molecule has 2 N–H and O–H groups in total. The first-order valence-corrected chi connectivity index (χ1v) is 6.16. The smallest absolute Gasteiger partial charge is 0.307 e. The van der Waals surface area contributed by atoms with Crippen molar-refractivity contribution in [2.45, 2.75) is 32.7 Å². The second kappa shape index (κ2) is 6.21. The van der Waals surface area contributed by atoms with Gasteiger partial charge in [-0.2, -0.15) is 0 Å². The van der Waals surface area contributed by atoms with Gasteiger partial charge in [0.05, 0.1) is 5.92 Å². The first kappa shape index (κ1) is 13.5. The highest BCUT2D eigenvalue weighted by atomic mass is 16.4. The lowest BCUT2D eigenvalue weighted by Gasteiger charge is -2.32. The Morgan fingerprint density at radius 3 is 2.50 bits per heavy atom. The molecule has 0 radical (unpaired) electrons. The van der Waals surface area contributed by atoms with Crippen LogP contribution in [0.4, 0.5) is 0 Å². The van der Waals surface area contributed by atoms with Gasteiger partial charge in [0, 0.05) is 12.6 Å². The van der Waals surface area contributed by atoms with E-state index in [0.29, 0.717) is 0 Å². The van der Waals surface area contributed by atoms with Gasteiger partial charge in [-0.25, -0.2) is 0 Å². The lowest BCUT2D eigenvalue weighted by molar-refractivity contribution is -0.143. The molecule has 1 aliphatic heterocycles. The molecular weight excluding hydrogens is 204 g/mol. The van der Waals surface area contributed by atoms with Crippen molar-refractivity contribution in [3.05, 3.63) is 0 Å². The van der Waals surface area contributed by atoms with Gasteiger partial charge in [0.15, 0.2) is 0 Å². The molecule has 1 heterocycles. The van der Waals surface area contributed by atoms with Crippen LogP contribution >= 0.6 is 0 Å². The third-order valence-electron chi connectivity index (χ3n) is 3.81. The van der Waals surface area contributed by atoms with E-state index in [4.69, 9.17) is 5.11 Å². The maximum Gasteiger partial charge on any atom is 0.307 e. The SMILES string of the molecule is CC(C(=O)O)C(C)N(C)CC1CCNCC1. The number of nitrogens with zero attached hydrogens (tertiary/aromatic N) is 1. The van der Waals surface area contributed by atoms with Gasteiger partial charge in [-0.15, -0.1) is 0 Å². The minimum Gasteiger partial charge on any atom is -0.481 e. The van der Waals surface area contributed by atoms with Crippen molar-refractivity contribution >= 4 is 5.97 Å². The molecule has 0 aromatic heterocycles. The van der Waals surface area contributed by atoms with Crippen LogP contribution < -0.4 is 5.32 Å². The molecule has 1 saturated heterocycles. The van der Waals surface area contributed by atoms with Crippen LogP contribution in [0, 0.1) is 11.8 Å². The summed E-state index contributed by atoms with van der Waals surface area (Å²) in [4.78, 5) is 13.1. The molecule has 1 aliphatic rings. The zero-order valence-electron chi connectivity index (χ0n) is 10.6. The van der Waals surface area contributed by atoms with Gasteiger partial charge in [-0.1, -0.05) is 6.92 Å². The van der Waals surface area contributed by atoms with Crippen LogP contribution in [0.15, 0.2) is 0 Å². The molecule has 0 amide bonds. The summed E-state index contributed by atoms with van der Waals surface area (Å²) in [5, 5.41) is 12.3. The van der Waals surface area contributed by atoms with E-state index < -0.39 is 5.97 Å². The minimum absolute atomic E-state index is 0.104. The molecule has 0 saturated carbocycles. The number of piperidine rings is 1. The topological polar surface area (TPSA) is 52.6 Å². The minimum atomic E-state index is -0.704. The van der Waals surface area contributed by atoms with Crippen molar-refractivity contribution in [3.8, 4) is 0 Å². The number of carboxylic acid groups (broad SMARTS) is 1. The Morgan fingerprint density at radius 2 is 2.00 bits per heavy atom. The molecule has 0 bridgehead atoms. The van der Waals surface area contributed by atoms with Gasteiger partial charge >= 0.3 is 5.97 Å². The summed E-state index contributed by atoms with van der Waals surface area (Å²) in [7, 11) is 2.03. The van der Waals surface area contributed by atoms with Crippen LogP contribution in [0.1, 0.15) is 26.7 Å². The molecule has 4 heteroatoms. The molecule has 94 valence electrons. The number of rotatable bonds is 5. The maximum atomic E-state index is 10.9. The molecule has 2 atom stereocenters. The molecule has 1 rings (SSSR count). The van der Waals surface area contributed by atoms with Crippen LogP contribution in [0.5, 0.6) is 0 Å². The predicted molar refractivity (Wildman–Crippen MR) is 64.5 cm³/mol. The van der Waals surface area contributed by atoms with Crippen LogP contribution in [-0.4, -0.2) is 48.7 Å². The lowest BCUT2D eigenvalue weighted by atomic mass is 9.95. The molecule has 0 aromatic carbocycles. The maximum absolute atomic E-state index is 10.9. The Hall–Kier alpha value is -0.610. The van der Waals surface area contributed by atoms with Gasteiger partial charge < -0.3 is 15.3 Å². The highest BCUT2D eigenvalue weighted by molar-refractivity contribution is 5.70. The largest absolute Gasteiger partial charge is 0.481 e. The van der Waals surface area contributed by atoms with E-state index in [0.717, 1.165) is 25.6 Å². The Morgan fingerprint density at radius 1 is 1.44 bits per heavy atom. The first-order valence-electron chi connectivity index (χ1n) is 6.16. The van der Waals surface area contributed by atoms with Gasteiger partial charge in [0.2, 0.25) is 0 Å². The van der Waals surface area contributed by atoms with Crippen molar-refractivity contribution in [1.29, 1.82) is 0 Å². The first-order chi connectivity index (χ1) is 7.52. The van der Waals surface area contributed by atoms with Gasteiger partial charge in [-0.3, -0.25) is 4.79 Å². The van der Waals surface area contributed by atoms with Crippen molar-refractivity contribution in [1.82, 2.24) is 10.2 Å². The third-order valence-corrected chi connectivity index (χ3v) is 3.81. The summed E-state index contributed by atoms with van der Waals surface area (Å²) >= 11 is 0. The van der Waals surface area contributed by atoms with Crippen LogP contribution in [0.3, 0.4) is 0 Å². The Kier molecular flexibility index (Phi) is 5.22. The van der Waals surface area contributed by atoms with Crippen molar-refractivity contribution in [2.75, 3.05) is 26.7 Å². The number of hydrogen-bond acceptors (Lipinski definition) is 3. The van der Waals surface area contributed by atoms with E-state index >= 15 is 0 Å². The molecule has 16 heavy (non-hydrogen) atoms. The fraction of sp³-hybridized carbons (Fsp3) is 0.917. The zero-order valence-corrected chi connectivity index (χ0v) is 10.6. The quantitative estimate of drug-likeness (QED) is 0.738. The van der Waals surface area contributed by atoms with Crippen LogP contribution in [-0.2, 0) is 4.79 Å². The van der Waals surface area contributed by atoms with E-state index in [2.05, 4.69) is 10.2 Å². The Balaban J connectivity index is 2.37. The van der Waals surface area contributed by atoms with Crippen LogP contribution in [0.25, 0.3) is 0 Å². The molecule has 1 fully saturated rings. The zero-order chi connectivity index (χ0) is 12.1. The predicted octanol–water partition coefficient (Wildman–Crippen LogP) is 1.03. The number of aliphatic carboxylic acids is 1. The van der Waals surface area contributed by atoms with Crippen LogP contribution in [0.2, 0.25) is 0 Å². The van der Waals surface area contributed by atoms with E-state index in [-0.39, 0.29) is 12.0 Å². The second-order valence-electron chi connectivity index (χ2n) is 5.00. The highest BCUT2D eigenvalue weighted by Gasteiger charge is 2.25. The summed E-state index contributed by atoms with van der Waals surface area (Å²) in [6.45, 7) is 7.00. The van der Waals surface area contributed by atoms with Gasteiger partial charge in [-0.05, 0) is 45.8 Å². The third kappa shape index (κ3) is 3.76. The fourth-order valence-electron chi connectivity index (χ4n) is 2.23.